The van der Waals surface area contributed by atoms with E-state index >= 15 is 0 Å². The average molecular weight is 458 g/mol. The summed E-state index contributed by atoms with van der Waals surface area (Å²) < 4.78 is 26.8. The first kappa shape index (κ1) is 23.9. The van der Waals surface area contributed by atoms with Crippen molar-refractivity contribution >= 4 is 21.8 Å². The van der Waals surface area contributed by atoms with Crippen molar-refractivity contribution in [3.63, 3.8) is 0 Å². The van der Waals surface area contributed by atoms with Crippen LogP contribution < -0.4 is 0 Å². The second-order valence-electron chi connectivity index (χ2n) is 8.28. The molecular weight excluding hydrogens is 426 g/mol. The summed E-state index contributed by atoms with van der Waals surface area (Å²) in [6.07, 6.45) is 0.922. The molecule has 32 heavy (non-hydrogen) atoms. The molecule has 0 saturated carbocycles. The van der Waals surface area contributed by atoms with Gasteiger partial charge in [0.15, 0.2) is 0 Å². The van der Waals surface area contributed by atoms with Gasteiger partial charge < -0.3 is 9.80 Å². The van der Waals surface area contributed by atoms with Crippen LogP contribution in [0.2, 0.25) is 0 Å². The zero-order valence-corrected chi connectivity index (χ0v) is 19.9. The van der Waals surface area contributed by atoms with E-state index in [0.717, 1.165) is 6.42 Å². The molecule has 1 fully saturated rings. The van der Waals surface area contributed by atoms with Crippen LogP contribution in [0.1, 0.15) is 47.1 Å². The summed E-state index contributed by atoms with van der Waals surface area (Å²) >= 11 is 0. The van der Waals surface area contributed by atoms with Gasteiger partial charge in [-0.1, -0.05) is 25.1 Å². The summed E-state index contributed by atoms with van der Waals surface area (Å²) in [6.45, 7) is 7.35. The second kappa shape index (κ2) is 9.83. The highest BCUT2D eigenvalue weighted by atomic mass is 32.2. The maximum atomic E-state index is 13.0. The van der Waals surface area contributed by atoms with E-state index in [4.69, 9.17) is 0 Å². The molecule has 172 valence electrons. The van der Waals surface area contributed by atoms with Crippen LogP contribution in [0.4, 0.5) is 0 Å². The van der Waals surface area contributed by atoms with Crippen LogP contribution in [0.15, 0.2) is 53.4 Å². The van der Waals surface area contributed by atoms with Crippen LogP contribution in [0, 0.1) is 0 Å². The molecule has 2 aromatic carbocycles. The molecule has 0 aliphatic carbocycles. The third kappa shape index (κ3) is 5.02. The number of sulfonamides is 1. The molecule has 1 heterocycles. The fourth-order valence-electron chi connectivity index (χ4n) is 3.59. The van der Waals surface area contributed by atoms with Crippen molar-refractivity contribution in [1.82, 2.24) is 14.1 Å². The molecule has 2 amide bonds. The van der Waals surface area contributed by atoms with Crippen molar-refractivity contribution in [2.24, 2.45) is 0 Å². The molecule has 0 aromatic heterocycles. The number of piperazine rings is 1. The number of hydrogen-bond donors (Lipinski definition) is 0. The molecule has 0 spiro atoms. The maximum Gasteiger partial charge on any atom is 0.254 e. The van der Waals surface area contributed by atoms with E-state index in [0.29, 0.717) is 37.3 Å². The van der Waals surface area contributed by atoms with Crippen molar-refractivity contribution < 1.29 is 18.0 Å². The minimum atomic E-state index is -3.67. The smallest absolute Gasteiger partial charge is 0.254 e. The molecule has 0 N–H and O–H groups in total. The highest BCUT2D eigenvalue weighted by Crippen LogP contribution is 2.20. The molecule has 1 aliphatic rings. The van der Waals surface area contributed by atoms with Crippen LogP contribution >= 0.6 is 0 Å². The highest BCUT2D eigenvalue weighted by Gasteiger charge is 2.28. The molecule has 2 aromatic rings. The van der Waals surface area contributed by atoms with Crippen molar-refractivity contribution in [1.29, 1.82) is 0 Å². The third-order valence-electron chi connectivity index (χ3n) is 5.95. The Bertz CT molecular complexity index is 1070. The number of aryl methyl sites for hydroxylation is 1. The van der Waals surface area contributed by atoms with Gasteiger partial charge in [-0.3, -0.25) is 9.59 Å². The Morgan fingerprint density at radius 2 is 1.44 bits per heavy atom. The minimum absolute atomic E-state index is 0.0374. The van der Waals surface area contributed by atoms with Gasteiger partial charge in [0.1, 0.15) is 0 Å². The molecule has 1 aliphatic heterocycles. The van der Waals surface area contributed by atoms with Crippen molar-refractivity contribution in [2.45, 2.75) is 38.1 Å². The largest absolute Gasteiger partial charge is 0.335 e. The Balaban J connectivity index is 1.67. The molecular formula is C24H31N3O4S. The van der Waals surface area contributed by atoms with E-state index in [1.165, 1.54) is 29.0 Å². The number of hydrogen-bond acceptors (Lipinski definition) is 4. The van der Waals surface area contributed by atoms with E-state index in [2.05, 4.69) is 6.92 Å². The number of nitrogens with zero attached hydrogens (tertiary/aromatic N) is 3. The van der Waals surface area contributed by atoms with Crippen molar-refractivity contribution in [2.75, 3.05) is 33.2 Å². The Hall–Kier alpha value is -2.71. The van der Waals surface area contributed by atoms with Crippen LogP contribution in [-0.4, -0.2) is 73.6 Å². The molecule has 0 bridgehead atoms. The van der Waals surface area contributed by atoms with Crippen molar-refractivity contribution in [3.8, 4) is 0 Å². The zero-order valence-electron chi connectivity index (χ0n) is 19.1. The van der Waals surface area contributed by atoms with Crippen LogP contribution in [-0.2, 0) is 16.4 Å². The van der Waals surface area contributed by atoms with Gasteiger partial charge in [0, 0.05) is 50.4 Å². The predicted molar refractivity (Wildman–Crippen MR) is 124 cm³/mol. The summed E-state index contributed by atoms with van der Waals surface area (Å²) in [4.78, 5) is 29.3. The second-order valence-corrected chi connectivity index (χ2v) is 10.3. The normalized spacial score (nSPS) is 14.8. The van der Waals surface area contributed by atoms with Gasteiger partial charge in [-0.25, -0.2) is 8.42 Å². The van der Waals surface area contributed by atoms with Gasteiger partial charge in [-0.05, 0) is 56.2 Å². The lowest BCUT2D eigenvalue weighted by Crippen LogP contribution is -2.50. The lowest BCUT2D eigenvalue weighted by molar-refractivity contribution is 0.0535. The van der Waals surface area contributed by atoms with Gasteiger partial charge in [-0.2, -0.15) is 4.31 Å². The topological polar surface area (TPSA) is 78.0 Å². The highest BCUT2D eigenvalue weighted by molar-refractivity contribution is 7.89. The summed E-state index contributed by atoms with van der Waals surface area (Å²) in [5.74, 6) is -0.266. The fraction of sp³-hybridized carbons (Fsp3) is 0.417. The summed E-state index contributed by atoms with van der Waals surface area (Å²) in [5.41, 5.74) is 2.16. The lowest BCUT2D eigenvalue weighted by Gasteiger charge is -2.35. The average Bonchev–Trinajstić information content (AvgIpc) is 2.82. The Kier molecular flexibility index (Phi) is 7.36. The summed E-state index contributed by atoms with van der Waals surface area (Å²) in [6, 6.07) is 13.6. The number of amides is 2. The third-order valence-corrected chi connectivity index (χ3v) is 7.98. The van der Waals surface area contributed by atoms with Gasteiger partial charge in [0.05, 0.1) is 4.90 Å². The van der Waals surface area contributed by atoms with Crippen molar-refractivity contribution in [3.05, 3.63) is 65.2 Å². The number of rotatable bonds is 6. The van der Waals surface area contributed by atoms with Crippen LogP contribution in [0.25, 0.3) is 0 Å². The predicted octanol–water partition coefficient (Wildman–Crippen LogP) is 2.88. The first-order valence-corrected chi connectivity index (χ1v) is 12.3. The number of benzene rings is 2. The van der Waals surface area contributed by atoms with Gasteiger partial charge in [0.2, 0.25) is 10.0 Å². The van der Waals surface area contributed by atoms with E-state index in [9.17, 15) is 18.0 Å². The van der Waals surface area contributed by atoms with Crippen LogP contribution in [0.3, 0.4) is 0 Å². The first-order valence-electron chi connectivity index (χ1n) is 10.9. The summed E-state index contributed by atoms with van der Waals surface area (Å²) in [5, 5.41) is 0. The van der Waals surface area contributed by atoms with E-state index < -0.39 is 10.0 Å². The van der Waals surface area contributed by atoms with E-state index in [1.54, 1.807) is 35.8 Å². The minimum Gasteiger partial charge on any atom is -0.335 e. The zero-order chi connectivity index (χ0) is 23.5. The fourth-order valence-corrected chi connectivity index (χ4v) is 5.01. The van der Waals surface area contributed by atoms with E-state index in [1.807, 2.05) is 24.3 Å². The first-order chi connectivity index (χ1) is 15.1. The number of carbonyl (C=O) groups excluding carboxylic acids is 2. The quantitative estimate of drug-likeness (QED) is 0.668. The molecule has 3 rings (SSSR count). The lowest BCUT2D eigenvalue weighted by atomic mass is 10.1. The Morgan fingerprint density at radius 3 is 1.94 bits per heavy atom. The molecule has 0 radical (unpaired) electrons. The molecule has 8 heteroatoms. The maximum absolute atomic E-state index is 13.0. The molecule has 0 unspecified atom stereocenters. The standard InChI is InChI=1S/C24H31N3O4S/c1-5-19-9-11-20(12-10-19)23(28)26-13-15-27(16-14-26)24(29)21-7-6-8-22(17-21)32(30,31)25(4)18(2)3/h6-12,17-18H,5,13-16H2,1-4H3. The SMILES string of the molecule is CCc1ccc(C(=O)N2CCN(C(=O)c3cccc(S(=O)(=O)N(C)C(C)C)c3)CC2)cc1. The van der Waals surface area contributed by atoms with Crippen LogP contribution in [0.5, 0.6) is 0 Å². The Morgan fingerprint density at radius 1 is 0.906 bits per heavy atom. The Labute approximate surface area is 190 Å². The monoisotopic (exact) mass is 457 g/mol. The van der Waals surface area contributed by atoms with E-state index in [-0.39, 0.29) is 22.8 Å². The van der Waals surface area contributed by atoms with Gasteiger partial charge in [0.25, 0.3) is 11.8 Å². The molecule has 7 nitrogen and oxygen atoms in total. The number of carbonyl (C=O) groups is 2. The molecule has 0 atom stereocenters. The summed E-state index contributed by atoms with van der Waals surface area (Å²) in [7, 11) is -2.14. The molecule has 1 saturated heterocycles. The van der Waals surface area contributed by atoms with Gasteiger partial charge in [-0.15, -0.1) is 0 Å². The van der Waals surface area contributed by atoms with Gasteiger partial charge >= 0.3 is 0 Å².